The summed E-state index contributed by atoms with van der Waals surface area (Å²) < 4.78 is 5.57. The lowest BCUT2D eigenvalue weighted by Gasteiger charge is -2.26. The Morgan fingerprint density at radius 2 is 1.96 bits per heavy atom. The highest BCUT2D eigenvalue weighted by atomic mass is 16.5. The van der Waals surface area contributed by atoms with Crippen molar-refractivity contribution in [3.05, 3.63) is 0 Å². The monoisotopic (exact) mass is 383 g/mol. The third-order valence-electron chi connectivity index (χ3n) is 4.71. The number of rotatable bonds is 13. The van der Waals surface area contributed by atoms with Gasteiger partial charge in [0.05, 0.1) is 6.04 Å². The van der Waals surface area contributed by atoms with Gasteiger partial charge in [0.25, 0.3) is 0 Å². The number of hydrogen-bond acceptors (Lipinski definition) is 4. The molecule has 1 aliphatic heterocycles. The number of aliphatic imine (C=N–C) groups is 1. The summed E-state index contributed by atoms with van der Waals surface area (Å²) in [5.41, 5.74) is 0. The van der Waals surface area contributed by atoms with Crippen LogP contribution in [0.4, 0.5) is 0 Å². The van der Waals surface area contributed by atoms with Crippen LogP contribution in [0.3, 0.4) is 0 Å². The quantitative estimate of drug-likeness (QED) is 0.288. The van der Waals surface area contributed by atoms with Gasteiger partial charge in [-0.2, -0.15) is 0 Å². The first-order chi connectivity index (χ1) is 13.1. The highest BCUT2D eigenvalue weighted by Gasteiger charge is 2.30. The van der Waals surface area contributed by atoms with Crippen LogP contribution in [0, 0.1) is 0 Å². The molecule has 27 heavy (non-hydrogen) atoms. The van der Waals surface area contributed by atoms with Gasteiger partial charge in [0.15, 0.2) is 5.96 Å². The zero-order valence-electron chi connectivity index (χ0n) is 17.9. The van der Waals surface area contributed by atoms with Gasteiger partial charge in [0, 0.05) is 53.5 Å². The van der Waals surface area contributed by atoms with Gasteiger partial charge in [0.2, 0.25) is 5.91 Å². The zero-order valence-corrected chi connectivity index (χ0v) is 17.9. The van der Waals surface area contributed by atoms with E-state index in [1.807, 2.05) is 14.1 Å². The Balaban J connectivity index is 2.23. The first-order valence-electron chi connectivity index (χ1n) is 10.6. The standard InChI is InChI=1S/C20H41N5O2/c1-5-7-16-27-17-10-13-23-20(21-6-2)22-12-9-15-25-14-8-11-18(25)19(26)24(3)4/h18H,5-17H2,1-4H3,(H2,21,22,23). The molecule has 1 heterocycles. The second-order valence-corrected chi connectivity index (χ2v) is 7.29. The maximum Gasteiger partial charge on any atom is 0.239 e. The predicted octanol–water partition coefficient (Wildman–Crippen LogP) is 1.69. The lowest BCUT2D eigenvalue weighted by atomic mass is 10.2. The van der Waals surface area contributed by atoms with Crippen molar-refractivity contribution in [2.75, 3.05) is 60.0 Å². The summed E-state index contributed by atoms with van der Waals surface area (Å²) in [6.07, 6.45) is 6.35. The molecule has 0 radical (unpaired) electrons. The molecule has 0 aromatic rings. The molecule has 0 aromatic carbocycles. The number of amides is 1. The summed E-state index contributed by atoms with van der Waals surface area (Å²) in [6.45, 7) is 10.3. The van der Waals surface area contributed by atoms with Gasteiger partial charge < -0.3 is 20.3 Å². The van der Waals surface area contributed by atoms with Gasteiger partial charge >= 0.3 is 0 Å². The first-order valence-corrected chi connectivity index (χ1v) is 10.6. The average Bonchev–Trinajstić information content (AvgIpc) is 3.11. The Morgan fingerprint density at radius 3 is 2.67 bits per heavy atom. The number of likely N-dealkylation sites (N-methyl/N-ethyl adjacent to an activating group) is 1. The fourth-order valence-corrected chi connectivity index (χ4v) is 3.21. The molecule has 0 aliphatic carbocycles. The number of guanidine groups is 1. The third-order valence-corrected chi connectivity index (χ3v) is 4.71. The molecule has 0 saturated carbocycles. The molecule has 158 valence electrons. The number of likely N-dealkylation sites (tertiary alicyclic amines) is 1. The SMILES string of the molecule is CCCCOCCCN=C(NCC)NCCCN1CCCC1C(=O)N(C)C. The van der Waals surface area contributed by atoms with Crippen LogP contribution in [0.15, 0.2) is 4.99 Å². The Bertz CT molecular complexity index is 429. The molecule has 1 atom stereocenters. The number of ether oxygens (including phenoxy) is 1. The Morgan fingerprint density at radius 1 is 1.19 bits per heavy atom. The van der Waals surface area contributed by atoms with E-state index in [-0.39, 0.29) is 11.9 Å². The van der Waals surface area contributed by atoms with E-state index in [2.05, 4.69) is 34.4 Å². The molecular weight excluding hydrogens is 342 g/mol. The van der Waals surface area contributed by atoms with Gasteiger partial charge in [-0.3, -0.25) is 14.7 Å². The Hall–Kier alpha value is -1.34. The molecule has 2 N–H and O–H groups in total. The van der Waals surface area contributed by atoms with Crippen LogP contribution in [0.2, 0.25) is 0 Å². The molecule has 1 unspecified atom stereocenters. The van der Waals surface area contributed by atoms with E-state index in [9.17, 15) is 4.79 Å². The van der Waals surface area contributed by atoms with Crippen molar-refractivity contribution in [3.8, 4) is 0 Å². The van der Waals surface area contributed by atoms with E-state index in [1.54, 1.807) is 4.90 Å². The molecule has 1 amide bonds. The van der Waals surface area contributed by atoms with Crippen molar-refractivity contribution in [1.82, 2.24) is 20.4 Å². The van der Waals surface area contributed by atoms with Crippen molar-refractivity contribution in [2.24, 2.45) is 4.99 Å². The second-order valence-electron chi connectivity index (χ2n) is 7.29. The fraction of sp³-hybridized carbons (Fsp3) is 0.900. The predicted molar refractivity (Wildman–Crippen MR) is 112 cm³/mol. The van der Waals surface area contributed by atoms with Crippen molar-refractivity contribution in [2.45, 2.75) is 58.4 Å². The van der Waals surface area contributed by atoms with Crippen LogP contribution >= 0.6 is 0 Å². The summed E-state index contributed by atoms with van der Waals surface area (Å²) in [7, 11) is 3.68. The van der Waals surface area contributed by atoms with E-state index in [1.165, 1.54) is 6.42 Å². The molecule has 7 nitrogen and oxygen atoms in total. The molecular formula is C20H41N5O2. The highest BCUT2D eigenvalue weighted by molar-refractivity contribution is 5.81. The van der Waals surface area contributed by atoms with E-state index >= 15 is 0 Å². The lowest BCUT2D eigenvalue weighted by Crippen LogP contribution is -2.44. The number of hydrogen-bond donors (Lipinski definition) is 2. The molecule has 0 bridgehead atoms. The molecule has 0 aromatic heterocycles. The largest absolute Gasteiger partial charge is 0.381 e. The molecule has 1 aliphatic rings. The summed E-state index contributed by atoms with van der Waals surface area (Å²) in [5.74, 6) is 1.10. The maximum absolute atomic E-state index is 12.2. The van der Waals surface area contributed by atoms with Crippen LogP contribution in [-0.2, 0) is 9.53 Å². The second kappa shape index (κ2) is 14.7. The summed E-state index contributed by atoms with van der Waals surface area (Å²) in [6, 6.07) is 0.0645. The van der Waals surface area contributed by atoms with Crippen molar-refractivity contribution >= 4 is 11.9 Å². The van der Waals surface area contributed by atoms with Crippen molar-refractivity contribution in [1.29, 1.82) is 0 Å². The molecule has 7 heteroatoms. The molecule has 0 spiro atoms. The smallest absolute Gasteiger partial charge is 0.239 e. The van der Waals surface area contributed by atoms with Crippen LogP contribution in [0.25, 0.3) is 0 Å². The topological polar surface area (TPSA) is 69.2 Å². The summed E-state index contributed by atoms with van der Waals surface area (Å²) >= 11 is 0. The first kappa shape index (κ1) is 23.7. The van der Waals surface area contributed by atoms with Crippen molar-refractivity contribution < 1.29 is 9.53 Å². The van der Waals surface area contributed by atoms with Crippen LogP contribution in [-0.4, -0.2) is 87.7 Å². The van der Waals surface area contributed by atoms with Crippen LogP contribution in [0.1, 0.15) is 52.4 Å². The Labute approximate surface area is 165 Å². The number of carbonyl (C=O) groups excluding carboxylic acids is 1. The molecule has 1 saturated heterocycles. The maximum atomic E-state index is 12.2. The zero-order chi connectivity index (χ0) is 19.9. The molecule has 1 fully saturated rings. The van der Waals surface area contributed by atoms with Crippen LogP contribution in [0.5, 0.6) is 0 Å². The summed E-state index contributed by atoms with van der Waals surface area (Å²) in [5, 5.41) is 6.69. The van der Waals surface area contributed by atoms with Gasteiger partial charge in [-0.05, 0) is 45.6 Å². The third kappa shape index (κ3) is 9.96. The van der Waals surface area contributed by atoms with Crippen molar-refractivity contribution in [3.63, 3.8) is 0 Å². The minimum atomic E-state index is 0.0645. The number of nitrogens with one attached hydrogen (secondary N) is 2. The van der Waals surface area contributed by atoms with E-state index < -0.39 is 0 Å². The van der Waals surface area contributed by atoms with E-state index in [0.717, 1.165) is 84.0 Å². The van der Waals surface area contributed by atoms with Crippen LogP contribution < -0.4 is 10.6 Å². The highest BCUT2D eigenvalue weighted by Crippen LogP contribution is 2.18. The van der Waals surface area contributed by atoms with E-state index in [4.69, 9.17) is 4.74 Å². The fourth-order valence-electron chi connectivity index (χ4n) is 3.21. The van der Waals surface area contributed by atoms with E-state index in [0.29, 0.717) is 0 Å². The van der Waals surface area contributed by atoms with Gasteiger partial charge in [-0.15, -0.1) is 0 Å². The van der Waals surface area contributed by atoms with Gasteiger partial charge in [0.1, 0.15) is 0 Å². The Kier molecular flexibility index (Phi) is 12.9. The lowest BCUT2D eigenvalue weighted by molar-refractivity contribution is -0.133. The van der Waals surface area contributed by atoms with Gasteiger partial charge in [-0.1, -0.05) is 13.3 Å². The van der Waals surface area contributed by atoms with Gasteiger partial charge in [-0.25, -0.2) is 0 Å². The minimum Gasteiger partial charge on any atom is -0.381 e. The summed E-state index contributed by atoms with van der Waals surface area (Å²) in [4.78, 5) is 20.9. The number of unbranched alkanes of at least 4 members (excludes halogenated alkanes) is 1. The number of carbonyl (C=O) groups is 1. The number of nitrogens with zero attached hydrogens (tertiary/aromatic N) is 3. The minimum absolute atomic E-state index is 0.0645. The normalized spacial score (nSPS) is 17.9. The molecule has 1 rings (SSSR count). The average molecular weight is 384 g/mol.